The summed E-state index contributed by atoms with van der Waals surface area (Å²) in [5.41, 5.74) is 6.46. The summed E-state index contributed by atoms with van der Waals surface area (Å²) >= 11 is 1.80. The van der Waals surface area contributed by atoms with Gasteiger partial charge in [0.15, 0.2) is 5.78 Å². The van der Waals surface area contributed by atoms with E-state index >= 15 is 0 Å². The van der Waals surface area contributed by atoms with Crippen molar-refractivity contribution in [1.29, 1.82) is 0 Å². The molecule has 1 N–H and O–H groups in total. The molecule has 3 heteroatoms. The number of thioether (sulfide) groups is 1. The predicted molar refractivity (Wildman–Crippen MR) is 138 cm³/mol. The molecule has 0 aliphatic rings. The van der Waals surface area contributed by atoms with Crippen molar-refractivity contribution in [3.05, 3.63) is 59.4 Å². The summed E-state index contributed by atoms with van der Waals surface area (Å²) in [7, 11) is 0. The molecular weight excluding hydrogens is 386 g/mol. The number of hydrogen-bond donors (Lipinski definition) is 1. The van der Waals surface area contributed by atoms with Gasteiger partial charge in [0.2, 0.25) is 0 Å². The molecule has 1 atom stereocenters. The highest BCUT2D eigenvalue weighted by molar-refractivity contribution is 7.99. The number of allylic oxidation sites excluding steroid dienone is 7. The van der Waals surface area contributed by atoms with Crippen molar-refractivity contribution in [1.82, 2.24) is 5.32 Å². The first kappa shape index (κ1) is 28.5. The fourth-order valence-corrected chi connectivity index (χ4v) is 3.90. The number of hydrogen-bond acceptors (Lipinski definition) is 3. The van der Waals surface area contributed by atoms with Crippen LogP contribution < -0.4 is 5.32 Å². The minimum Gasteiger partial charge on any atom is -0.378 e. The summed E-state index contributed by atoms with van der Waals surface area (Å²) in [6.07, 6.45) is 14.3. The molecule has 0 heterocycles. The molecule has 1 unspecified atom stereocenters. The van der Waals surface area contributed by atoms with Gasteiger partial charge in [-0.05, 0) is 79.6 Å². The second-order valence-electron chi connectivity index (χ2n) is 8.51. The first-order chi connectivity index (χ1) is 14.1. The maximum atomic E-state index is 12.0. The van der Waals surface area contributed by atoms with Crippen LogP contribution in [0.5, 0.6) is 0 Å². The predicted octanol–water partition coefficient (Wildman–Crippen LogP) is 7.95. The van der Waals surface area contributed by atoms with Crippen molar-refractivity contribution in [2.45, 2.75) is 92.5 Å². The van der Waals surface area contributed by atoms with Gasteiger partial charge >= 0.3 is 0 Å². The molecule has 0 saturated carbocycles. The second kappa shape index (κ2) is 17.2. The molecule has 0 rings (SSSR count). The Morgan fingerprint density at radius 2 is 1.50 bits per heavy atom. The third-order valence-electron chi connectivity index (χ3n) is 5.11. The number of Topliss-reactive ketones (excluding diaryl/α,β-unsaturated/α-hetero) is 1. The first-order valence-corrected chi connectivity index (χ1v) is 12.4. The maximum Gasteiger partial charge on any atom is 0.152 e. The van der Waals surface area contributed by atoms with Gasteiger partial charge in [-0.1, -0.05) is 60.6 Å². The van der Waals surface area contributed by atoms with Gasteiger partial charge in [0, 0.05) is 17.2 Å². The second-order valence-corrected chi connectivity index (χ2v) is 9.59. The average molecular weight is 432 g/mol. The number of ketones is 1. The Kier molecular flexibility index (Phi) is 16.4. The van der Waals surface area contributed by atoms with E-state index in [4.69, 9.17) is 0 Å². The maximum absolute atomic E-state index is 12.0. The Morgan fingerprint density at radius 1 is 0.900 bits per heavy atom. The van der Waals surface area contributed by atoms with Crippen molar-refractivity contribution in [3.63, 3.8) is 0 Å². The molecule has 0 bridgehead atoms. The van der Waals surface area contributed by atoms with Gasteiger partial charge in [-0.25, -0.2) is 0 Å². The standard InChI is InChI=1S/C27H45NOS/c1-9-22(4)16-17-25(7)28-27(26(8)29)20-30-19-18-24(6)15-11-14-23(5)13-10-12-21(2)3/h12,14,18,27-28H,4,7,9-11,13,15-17,19-20H2,1-3,5-6,8H3/b23-14+,24-18+. The van der Waals surface area contributed by atoms with E-state index in [0.29, 0.717) is 0 Å². The van der Waals surface area contributed by atoms with E-state index in [0.717, 1.165) is 62.1 Å². The lowest BCUT2D eigenvalue weighted by atomic mass is 10.1. The monoisotopic (exact) mass is 431 g/mol. The van der Waals surface area contributed by atoms with Crippen LogP contribution in [0.4, 0.5) is 0 Å². The molecule has 0 fully saturated rings. The minimum atomic E-state index is -0.155. The highest BCUT2D eigenvalue weighted by Crippen LogP contribution is 2.14. The lowest BCUT2D eigenvalue weighted by molar-refractivity contribution is -0.118. The lowest BCUT2D eigenvalue weighted by Crippen LogP contribution is -2.36. The molecule has 0 aromatic rings. The Balaban J connectivity index is 4.22. The van der Waals surface area contributed by atoms with E-state index in [1.165, 1.54) is 22.3 Å². The lowest BCUT2D eigenvalue weighted by Gasteiger charge is -2.18. The van der Waals surface area contributed by atoms with E-state index in [1.54, 1.807) is 18.7 Å². The van der Waals surface area contributed by atoms with Gasteiger partial charge in [-0.2, -0.15) is 11.8 Å². The Hall–Kier alpha value is -1.48. The SMILES string of the molecule is C=C(CC)CCC(=C)NC(CSC/C=C(\C)CC/C=C(\C)CCC=C(C)C)C(C)=O. The van der Waals surface area contributed by atoms with Crippen molar-refractivity contribution in [2.75, 3.05) is 11.5 Å². The zero-order valence-corrected chi connectivity index (χ0v) is 21.2. The van der Waals surface area contributed by atoms with Crippen LogP contribution in [-0.2, 0) is 4.79 Å². The molecule has 30 heavy (non-hydrogen) atoms. The van der Waals surface area contributed by atoms with E-state index in [2.05, 4.69) is 71.3 Å². The third kappa shape index (κ3) is 16.3. The zero-order valence-electron chi connectivity index (χ0n) is 20.4. The summed E-state index contributed by atoms with van der Waals surface area (Å²) in [4.78, 5) is 12.0. The third-order valence-corrected chi connectivity index (χ3v) is 6.08. The van der Waals surface area contributed by atoms with Gasteiger partial charge in [0.05, 0.1) is 6.04 Å². The number of rotatable bonds is 17. The first-order valence-electron chi connectivity index (χ1n) is 11.3. The molecular formula is C27H45NOS. The van der Waals surface area contributed by atoms with Crippen LogP contribution in [0.3, 0.4) is 0 Å². The topological polar surface area (TPSA) is 29.1 Å². The summed E-state index contributed by atoms with van der Waals surface area (Å²) in [5, 5.41) is 3.32. The Labute approximate surface area is 191 Å². The van der Waals surface area contributed by atoms with Gasteiger partial charge < -0.3 is 5.32 Å². The van der Waals surface area contributed by atoms with E-state index in [-0.39, 0.29) is 11.8 Å². The Morgan fingerprint density at radius 3 is 2.07 bits per heavy atom. The smallest absolute Gasteiger partial charge is 0.152 e. The number of carbonyl (C=O) groups excluding carboxylic acids is 1. The van der Waals surface area contributed by atoms with Gasteiger partial charge in [0.25, 0.3) is 0 Å². The van der Waals surface area contributed by atoms with E-state index < -0.39 is 0 Å². The number of nitrogens with one attached hydrogen (secondary N) is 1. The van der Waals surface area contributed by atoms with Gasteiger partial charge in [0.1, 0.15) is 0 Å². The molecule has 0 amide bonds. The number of carbonyl (C=O) groups is 1. The van der Waals surface area contributed by atoms with Crippen LogP contribution in [0.25, 0.3) is 0 Å². The summed E-state index contributed by atoms with van der Waals surface area (Å²) in [6, 6.07) is -0.155. The molecule has 0 aliphatic carbocycles. The van der Waals surface area contributed by atoms with Gasteiger partial charge in [-0.3, -0.25) is 4.79 Å². The van der Waals surface area contributed by atoms with Crippen LogP contribution >= 0.6 is 11.8 Å². The Bertz CT molecular complexity index is 635. The van der Waals surface area contributed by atoms with Crippen LogP contribution in [0, 0.1) is 0 Å². The van der Waals surface area contributed by atoms with Crippen LogP contribution in [0.15, 0.2) is 59.4 Å². The molecule has 0 aromatic carbocycles. The summed E-state index contributed by atoms with van der Waals surface area (Å²) < 4.78 is 0. The fraction of sp³-hybridized carbons (Fsp3) is 0.593. The molecule has 0 saturated heterocycles. The minimum absolute atomic E-state index is 0.155. The van der Waals surface area contributed by atoms with Crippen molar-refractivity contribution < 1.29 is 4.79 Å². The normalized spacial score (nSPS) is 13.0. The van der Waals surface area contributed by atoms with Gasteiger partial charge in [-0.15, -0.1) is 0 Å². The van der Waals surface area contributed by atoms with Crippen molar-refractivity contribution in [3.8, 4) is 0 Å². The molecule has 0 radical (unpaired) electrons. The van der Waals surface area contributed by atoms with Crippen LogP contribution in [0.1, 0.15) is 86.5 Å². The molecule has 2 nitrogen and oxygen atoms in total. The molecule has 0 aromatic heterocycles. The van der Waals surface area contributed by atoms with Crippen molar-refractivity contribution >= 4 is 17.5 Å². The molecule has 170 valence electrons. The van der Waals surface area contributed by atoms with Crippen LogP contribution in [0.2, 0.25) is 0 Å². The zero-order chi connectivity index (χ0) is 22.9. The summed E-state index contributed by atoms with van der Waals surface area (Å²) in [6.45, 7) is 20.6. The fourth-order valence-electron chi connectivity index (χ4n) is 2.81. The highest BCUT2D eigenvalue weighted by Gasteiger charge is 2.14. The van der Waals surface area contributed by atoms with E-state index in [1.807, 2.05) is 0 Å². The highest BCUT2D eigenvalue weighted by atomic mass is 32.2. The van der Waals surface area contributed by atoms with Crippen LogP contribution in [-0.4, -0.2) is 23.3 Å². The largest absolute Gasteiger partial charge is 0.378 e. The summed E-state index contributed by atoms with van der Waals surface area (Å²) in [5.74, 6) is 1.89. The van der Waals surface area contributed by atoms with Crippen molar-refractivity contribution in [2.24, 2.45) is 0 Å². The van der Waals surface area contributed by atoms with E-state index in [9.17, 15) is 4.79 Å². The average Bonchev–Trinajstić information content (AvgIpc) is 2.67. The molecule has 0 spiro atoms. The quantitative estimate of drug-likeness (QED) is 0.187. The molecule has 0 aliphatic heterocycles.